The molecule has 0 saturated heterocycles. The lowest BCUT2D eigenvalue weighted by Crippen LogP contribution is -2.29. The van der Waals surface area contributed by atoms with Crippen LogP contribution in [-0.2, 0) is 11.2 Å². The average molecular weight is 310 g/mol. The zero-order valence-electron chi connectivity index (χ0n) is 13.6. The molecular weight excluding hydrogens is 288 g/mol. The molecule has 0 aliphatic heterocycles. The van der Waals surface area contributed by atoms with Gasteiger partial charge >= 0.3 is 5.69 Å². The Labute approximate surface area is 129 Å². The molecule has 0 aromatic carbocycles. The van der Waals surface area contributed by atoms with E-state index in [4.69, 9.17) is 4.74 Å². The second-order valence-corrected chi connectivity index (χ2v) is 5.36. The fraction of sp³-hybridized carbons (Fsp3) is 0.571. The molecule has 122 valence electrons. The Bertz CT molecular complexity index is 560. The Hall–Kier alpha value is -2.22. The lowest BCUT2D eigenvalue weighted by Gasteiger charge is -2.21. The smallest absolute Gasteiger partial charge is 0.312 e. The number of likely N-dealkylation sites (N-methyl/N-ethyl adjacent to an activating group) is 2. The van der Waals surface area contributed by atoms with Crippen LogP contribution in [0.5, 0.6) is 5.88 Å². The molecule has 0 amide bonds. The number of hydrogen-bond donors (Lipinski definition) is 0. The van der Waals surface area contributed by atoms with E-state index in [-0.39, 0.29) is 29.6 Å². The topological polar surface area (TPSA) is 88.8 Å². The molecule has 1 rings (SSSR count). The van der Waals surface area contributed by atoms with Crippen molar-refractivity contribution in [2.24, 2.45) is 0 Å². The maximum absolute atomic E-state index is 11.3. The molecule has 1 aromatic rings. The Kier molecular flexibility index (Phi) is 6.24. The van der Waals surface area contributed by atoms with Crippen molar-refractivity contribution < 1.29 is 14.5 Å². The molecule has 1 aromatic heterocycles. The van der Waals surface area contributed by atoms with Gasteiger partial charge in [-0.3, -0.25) is 14.9 Å². The zero-order valence-corrected chi connectivity index (χ0v) is 13.6. The molecule has 8 heteroatoms. The van der Waals surface area contributed by atoms with Crippen molar-refractivity contribution in [3.63, 3.8) is 0 Å². The van der Waals surface area contributed by atoms with E-state index in [1.165, 1.54) is 20.1 Å². The Morgan fingerprint density at radius 1 is 1.36 bits per heavy atom. The zero-order chi connectivity index (χ0) is 16.9. The highest BCUT2D eigenvalue weighted by atomic mass is 16.6. The monoisotopic (exact) mass is 310 g/mol. The number of ketones is 1. The Morgan fingerprint density at radius 3 is 2.45 bits per heavy atom. The number of ether oxygens (including phenoxy) is 1. The van der Waals surface area contributed by atoms with E-state index in [9.17, 15) is 14.9 Å². The molecule has 1 heterocycles. The number of anilines is 1. The van der Waals surface area contributed by atoms with Gasteiger partial charge in [0.1, 0.15) is 5.78 Å². The van der Waals surface area contributed by atoms with E-state index < -0.39 is 4.92 Å². The molecule has 22 heavy (non-hydrogen) atoms. The summed E-state index contributed by atoms with van der Waals surface area (Å²) in [5.74, 6) is 0.367. The third kappa shape index (κ3) is 4.66. The van der Waals surface area contributed by atoms with Gasteiger partial charge in [-0.1, -0.05) is 0 Å². The van der Waals surface area contributed by atoms with E-state index >= 15 is 0 Å². The molecule has 0 radical (unpaired) electrons. The van der Waals surface area contributed by atoms with Crippen LogP contribution in [0, 0.1) is 10.1 Å². The van der Waals surface area contributed by atoms with Crippen LogP contribution in [0.3, 0.4) is 0 Å². The number of Topliss-reactive ketones (excluding diaryl/α,β-unsaturated/α-hetero) is 1. The lowest BCUT2D eigenvalue weighted by molar-refractivity contribution is -0.384. The summed E-state index contributed by atoms with van der Waals surface area (Å²) < 4.78 is 5.17. The van der Waals surface area contributed by atoms with Gasteiger partial charge in [0.2, 0.25) is 11.7 Å². The summed E-state index contributed by atoms with van der Waals surface area (Å²) in [6.07, 6.45) is 0.0543. The van der Waals surface area contributed by atoms with E-state index in [2.05, 4.69) is 4.98 Å². The highest BCUT2D eigenvalue weighted by molar-refractivity contribution is 5.79. The number of hydrogen-bond acceptors (Lipinski definition) is 7. The standard InChI is InChI=1S/C14H22N4O4/c1-10(19)8-11-9-12(18(20)21)13(15-14(11)22-5)17(4)7-6-16(2)3/h9H,6-8H2,1-5H3. The number of rotatable bonds is 8. The first kappa shape index (κ1) is 17.8. The minimum absolute atomic E-state index is 0.0543. The third-order valence-electron chi connectivity index (χ3n) is 3.10. The van der Waals surface area contributed by atoms with Crippen molar-refractivity contribution in [3.8, 4) is 5.88 Å². The summed E-state index contributed by atoms with van der Waals surface area (Å²) in [5.41, 5.74) is 0.296. The molecule has 8 nitrogen and oxygen atoms in total. The fourth-order valence-electron chi connectivity index (χ4n) is 1.96. The second kappa shape index (κ2) is 7.69. The first-order valence-electron chi connectivity index (χ1n) is 6.83. The average Bonchev–Trinajstić information content (AvgIpc) is 2.43. The van der Waals surface area contributed by atoms with E-state index in [0.29, 0.717) is 12.1 Å². The van der Waals surface area contributed by atoms with Gasteiger partial charge in [0, 0.05) is 38.2 Å². The Morgan fingerprint density at radius 2 is 2.00 bits per heavy atom. The summed E-state index contributed by atoms with van der Waals surface area (Å²) in [7, 11) is 7.02. The highest BCUT2D eigenvalue weighted by Gasteiger charge is 2.23. The van der Waals surface area contributed by atoms with Gasteiger partial charge in [-0.15, -0.1) is 0 Å². The third-order valence-corrected chi connectivity index (χ3v) is 3.10. The largest absolute Gasteiger partial charge is 0.481 e. The molecule has 0 saturated carbocycles. The van der Waals surface area contributed by atoms with Gasteiger partial charge in [-0.25, -0.2) is 0 Å². The number of nitro groups is 1. The minimum atomic E-state index is -0.489. The maximum Gasteiger partial charge on any atom is 0.312 e. The van der Waals surface area contributed by atoms with Gasteiger partial charge in [-0.2, -0.15) is 4.98 Å². The number of carbonyl (C=O) groups is 1. The van der Waals surface area contributed by atoms with Crippen molar-refractivity contribution >= 4 is 17.3 Å². The van der Waals surface area contributed by atoms with E-state index in [1.54, 1.807) is 11.9 Å². The van der Waals surface area contributed by atoms with Gasteiger partial charge < -0.3 is 14.5 Å². The van der Waals surface area contributed by atoms with Crippen molar-refractivity contribution in [1.29, 1.82) is 0 Å². The maximum atomic E-state index is 11.3. The van der Waals surface area contributed by atoms with Crippen molar-refractivity contribution in [2.75, 3.05) is 46.2 Å². The first-order valence-corrected chi connectivity index (χ1v) is 6.83. The van der Waals surface area contributed by atoms with Crippen molar-refractivity contribution in [2.45, 2.75) is 13.3 Å². The molecule has 0 aliphatic rings. The van der Waals surface area contributed by atoms with Gasteiger partial charge in [-0.05, 0) is 21.0 Å². The summed E-state index contributed by atoms with van der Waals surface area (Å²) >= 11 is 0. The molecule has 0 fully saturated rings. The number of nitrogens with zero attached hydrogens (tertiary/aromatic N) is 4. The van der Waals surface area contributed by atoms with Crippen molar-refractivity contribution in [1.82, 2.24) is 9.88 Å². The SMILES string of the molecule is COc1nc(N(C)CCN(C)C)c([N+](=O)[O-])cc1CC(C)=O. The predicted molar refractivity (Wildman–Crippen MR) is 83.7 cm³/mol. The summed E-state index contributed by atoms with van der Waals surface area (Å²) in [6, 6.07) is 1.37. The van der Waals surface area contributed by atoms with Crippen molar-refractivity contribution in [3.05, 3.63) is 21.7 Å². The molecular formula is C14H22N4O4. The van der Waals surface area contributed by atoms with Gasteiger partial charge in [0.05, 0.1) is 12.0 Å². The molecule has 0 N–H and O–H groups in total. The highest BCUT2D eigenvalue weighted by Crippen LogP contribution is 2.31. The molecule has 0 unspecified atom stereocenters. The molecule has 0 atom stereocenters. The summed E-state index contributed by atoms with van der Waals surface area (Å²) in [4.78, 5) is 30.0. The van der Waals surface area contributed by atoms with Crippen LogP contribution in [0.15, 0.2) is 6.07 Å². The number of pyridine rings is 1. The van der Waals surface area contributed by atoms with Crippen LogP contribution in [0.2, 0.25) is 0 Å². The second-order valence-electron chi connectivity index (χ2n) is 5.36. The number of carbonyl (C=O) groups excluding carboxylic acids is 1. The van der Waals surface area contributed by atoms with Crippen LogP contribution in [0.1, 0.15) is 12.5 Å². The van der Waals surface area contributed by atoms with Crippen LogP contribution >= 0.6 is 0 Å². The lowest BCUT2D eigenvalue weighted by atomic mass is 10.1. The number of aromatic nitrogens is 1. The van der Waals surface area contributed by atoms with Gasteiger partial charge in [0.25, 0.3) is 0 Å². The van der Waals surface area contributed by atoms with Crippen LogP contribution in [0.25, 0.3) is 0 Å². The van der Waals surface area contributed by atoms with Gasteiger partial charge in [0.15, 0.2) is 0 Å². The summed E-state index contributed by atoms with van der Waals surface area (Å²) in [5, 5.41) is 11.3. The minimum Gasteiger partial charge on any atom is -0.481 e. The molecule has 0 bridgehead atoms. The van der Waals surface area contributed by atoms with Crippen LogP contribution < -0.4 is 9.64 Å². The van der Waals surface area contributed by atoms with E-state index in [0.717, 1.165) is 6.54 Å². The first-order chi connectivity index (χ1) is 10.3. The van der Waals surface area contributed by atoms with E-state index in [1.807, 2.05) is 19.0 Å². The van der Waals surface area contributed by atoms with Crippen LogP contribution in [-0.4, -0.2) is 61.9 Å². The molecule has 0 spiro atoms. The quantitative estimate of drug-likeness (QED) is 0.525. The Balaban J connectivity index is 3.25. The summed E-state index contributed by atoms with van der Waals surface area (Å²) in [6.45, 7) is 2.73. The molecule has 0 aliphatic carbocycles. The van der Waals surface area contributed by atoms with Crippen LogP contribution in [0.4, 0.5) is 11.5 Å². The fourth-order valence-corrected chi connectivity index (χ4v) is 1.96. The number of methoxy groups -OCH3 is 1. The normalized spacial score (nSPS) is 10.6. The predicted octanol–water partition coefficient (Wildman–Crippen LogP) is 1.13.